The monoisotopic (exact) mass is 552 g/mol. The molecule has 0 radical (unpaired) electrons. The molecule has 204 valence electrons. The van der Waals surface area contributed by atoms with Crippen molar-refractivity contribution in [1.29, 1.82) is 0 Å². The second kappa shape index (κ2) is 8.55. The van der Waals surface area contributed by atoms with Gasteiger partial charge in [0.2, 0.25) is 28.0 Å². The number of benzene rings is 2. The van der Waals surface area contributed by atoms with Crippen LogP contribution in [0.1, 0.15) is 58.7 Å². The zero-order valence-corrected chi connectivity index (χ0v) is 22.6. The maximum atomic E-state index is 13.2. The van der Waals surface area contributed by atoms with Crippen LogP contribution in [0, 0.1) is 5.92 Å². The van der Waals surface area contributed by atoms with Gasteiger partial charge in [0.05, 0.1) is 25.1 Å². The molecule has 2 aromatic carbocycles. The highest BCUT2D eigenvalue weighted by Crippen LogP contribution is 2.61. The van der Waals surface area contributed by atoms with Gasteiger partial charge in [0, 0.05) is 11.1 Å². The summed E-state index contributed by atoms with van der Waals surface area (Å²) < 4.78 is 45.6. The number of anilines is 1. The summed E-state index contributed by atoms with van der Waals surface area (Å²) >= 11 is 0. The molecule has 0 aliphatic carbocycles. The number of amides is 1. The Kier molecular flexibility index (Phi) is 5.57. The van der Waals surface area contributed by atoms with Crippen molar-refractivity contribution >= 4 is 27.6 Å². The van der Waals surface area contributed by atoms with Gasteiger partial charge < -0.3 is 24.9 Å². The Balaban J connectivity index is 1.77. The highest BCUT2D eigenvalue weighted by molar-refractivity contribution is 7.92. The minimum absolute atomic E-state index is 0.0774. The van der Waals surface area contributed by atoms with E-state index < -0.39 is 45.6 Å². The lowest BCUT2D eigenvalue weighted by Gasteiger charge is -2.30. The number of nitrogens with one attached hydrogen (secondary N) is 1. The molecule has 4 bridgehead atoms. The van der Waals surface area contributed by atoms with E-state index >= 15 is 0 Å². The van der Waals surface area contributed by atoms with Crippen LogP contribution in [0.15, 0.2) is 46.9 Å². The molecule has 4 atom stereocenters. The molecule has 1 spiro atoms. The number of fused-ring (bicyclic) bond motifs is 4. The number of rotatable bonds is 3. The number of methoxy groups -OCH3 is 1. The smallest absolute Gasteiger partial charge is 0.360 e. The lowest BCUT2D eigenvalue weighted by molar-refractivity contribution is -0.123. The third-order valence-electron chi connectivity index (χ3n) is 7.62. The fraction of sp³-hybridized carbons (Fsp3) is 0.370. The Bertz CT molecular complexity index is 1630. The van der Waals surface area contributed by atoms with Gasteiger partial charge in [0.1, 0.15) is 17.2 Å². The van der Waals surface area contributed by atoms with Crippen LogP contribution in [0.4, 0.5) is 5.69 Å². The third kappa shape index (κ3) is 3.51. The number of sulfonamides is 1. The topological polar surface area (TPSA) is 154 Å². The summed E-state index contributed by atoms with van der Waals surface area (Å²) in [6, 6.07) is 10.7. The maximum Gasteiger partial charge on any atom is 0.360 e. The van der Waals surface area contributed by atoms with E-state index in [0.29, 0.717) is 22.6 Å². The molecule has 0 saturated heterocycles. The number of hydrogen-bond acceptors (Lipinski definition) is 9. The van der Waals surface area contributed by atoms with Crippen LogP contribution in [0.2, 0.25) is 0 Å². The minimum atomic E-state index is -3.87. The van der Waals surface area contributed by atoms with Gasteiger partial charge in [-0.05, 0) is 30.0 Å². The third-order valence-corrected chi connectivity index (χ3v) is 8.72. The molecule has 3 aromatic rings. The lowest BCUT2D eigenvalue weighted by atomic mass is 9.72. The van der Waals surface area contributed by atoms with E-state index in [4.69, 9.17) is 19.6 Å². The number of nitrogens with two attached hydrogens (primary N) is 1. The van der Waals surface area contributed by atoms with Crippen molar-refractivity contribution in [3.8, 4) is 5.75 Å². The molecule has 0 fully saturated rings. The van der Waals surface area contributed by atoms with E-state index in [9.17, 15) is 18.0 Å². The summed E-state index contributed by atoms with van der Waals surface area (Å²) in [5.41, 5.74) is 7.04. The van der Waals surface area contributed by atoms with Crippen LogP contribution in [0.3, 0.4) is 0 Å². The Hall–Kier alpha value is -3.90. The molecule has 1 unspecified atom stereocenters. The van der Waals surface area contributed by atoms with Crippen molar-refractivity contribution in [2.75, 3.05) is 17.7 Å². The molecule has 6 rings (SSSR count). The first-order valence-corrected chi connectivity index (χ1v) is 14.4. The molecule has 3 N–H and O–H groups in total. The second-order valence-electron chi connectivity index (χ2n) is 10.4. The first kappa shape index (κ1) is 25.4. The van der Waals surface area contributed by atoms with Crippen LogP contribution in [-0.4, -0.2) is 50.9 Å². The fourth-order valence-electron chi connectivity index (χ4n) is 5.89. The molecule has 3 aliphatic heterocycles. The SMILES string of the molecule is COC(=O)c1nc2oc1C13c4cc(ccc4O[C@@H]1N(S(C)(=O)=O)c1ccccc13)C[C@H](N)C(=O)N[C@H]2C(C)C. The molecule has 3 aliphatic rings. The normalized spacial score (nSPS) is 25.2. The summed E-state index contributed by atoms with van der Waals surface area (Å²) in [5.74, 6) is -0.786. The molecule has 1 aromatic heterocycles. The van der Waals surface area contributed by atoms with E-state index in [1.807, 2.05) is 19.9 Å². The lowest BCUT2D eigenvalue weighted by Crippen LogP contribution is -2.48. The van der Waals surface area contributed by atoms with Crippen LogP contribution in [-0.2, 0) is 31.4 Å². The summed E-state index contributed by atoms with van der Waals surface area (Å²) in [5, 5.41) is 2.92. The van der Waals surface area contributed by atoms with E-state index in [0.717, 1.165) is 11.8 Å². The molecule has 12 heteroatoms. The van der Waals surface area contributed by atoms with E-state index in [1.165, 1.54) is 11.4 Å². The van der Waals surface area contributed by atoms with Crippen LogP contribution < -0.4 is 20.1 Å². The van der Waals surface area contributed by atoms with Crippen molar-refractivity contribution in [2.24, 2.45) is 11.7 Å². The Labute approximate surface area is 225 Å². The van der Waals surface area contributed by atoms with Gasteiger partial charge in [0.25, 0.3) is 0 Å². The van der Waals surface area contributed by atoms with Gasteiger partial charge in [-0.2, -0.15) is 0 Å². The number of nitrogens with zero attached hydrogens (tertiary/aromatic N) is 2. The van der Waals surface area contributed by atoms with Gasteiger partial charge in [-0.25, -0.2) is 22.5 Å². The molecule has 1 amide bonds. The highest BCUT2D eigenvalue weighted by atomic mass is 32.2. The first-order chi connectivity index (χ1) is 18.5. The van der Waals surface area contributed by atoms with Gasteiger partial charge >= 0.3 is 5.97 Å². The molecule has 39 heavy (non-hydrogen) atoms. The standard InChI is InChI=1S/C27H28N4O7S/c1-13(2)20-24-30-21(25(33)36-3)22(38-24)27-15-7-5-6-8-18(15)31(39(4,34)35)26(27)37-19-10-9-14(11-16(19)27)12-17(28)23(32)29-20/h5-11,13,17,20,26H,12,28H2,1-4H3,(H,29,32)/t17-,20-,26-,27?/m0/s1. The van der Waals surface area contributed by atoms with E-state index in [2.05, 4.69) is 10.3 Å². The van der Waals surface area contributed by atoms with Gasteiger partial charge in [-0.3, -0.25) is 4.79 Å². The van der Waals surface area contributed by atoms with Crippen LogP contribution in [0.25, 0.3) is 0 Å². The summed E-state index contributed by atoms with van der Waals surface area (Å²) in [6.07, 6.45) is 0.174. The summed E-state index contributed by atoms with van der Waals surface area (Å²) in [7, 11) is -2.64. The molecular weight excluding hydrogens is 524 g/mol. The quantitative estimate of drug-likeness (QED) is 0.464. The summed E-state index contributed by atoms with van der Waals surface area (Å²) in [4.78, 5) is 30.8. The largest absolute Gasteiger partial charge is 0.467 e. The first-order valence-electron chi connectivity index (χ1n) is 12.5. The van der Waals surface area contributed by atoms with Gasteiger partial charge in [-0.15, -0.1) is 0 Å². The van der Waals surface area contributed by atoms with Crippen molar-refractivity contribution in [1.82, 2.24) is 10.3 Å². The maximum absolute atomic E-state index is 13.2. The number of aromatic nitrogens is 1. The van der Waals surface area contributed by atoms with Crippen molar-refractivity contribution < 1.29 is 31.9 Å². The summed E-state index contributed by atoms with van der Waals surface area (Å²) in [6.45, 7) is 3.75. The zero-order valence-electron chi connectivity index (χ0n) is 21.8. The van der Waals surface area contributed by atoms with Crippen molar-refractivity contribution in [3.63, 3.8) is 0 Å². The van der Waals surface area contributed by atoms with E-state index in [1.54, 1.807) is 36.4 Å². The molecule has 0 saturated carbocycles. The fourth-order valence-corrected chi connectivity index (χ4v) is 6.95. The van der Waals surface area contributed by atoms with Crippen molar-refractivity contribution in [3.05, 3.63) is 76.5 Å². The Morgan fingerprint density at radius 2 is 1.97 bits per heavy atom. The number of carbonyl (C=O) groups is 2. The second-order valence-corrected chi connectivity index (χ2v) is 12.3. The number of ether oxygens (including phenoxy) is 2. The van der Waals surface area contributed by atoms with Gasteiger partial charge in [-0.1, -0.05) is 44.2 Å². The predicted molar refractivity (Wildman–Crippen MR) is 140 cm³/mol. The van der Waals surface area contributed by atoms with Gasteiger partial charge in [0.15, 0.2) is 11.5 Å². The Morgan fingerprint density at radius 1 is 1.23 bits per heavy atom. The average molecular weight is 553 g/mol. The number of carbonyl (C=O) groups excluding carboxylic acids is 2. The molecular formula is C27H28N4O7S. The number of esters is 1. The van der Waals surface area contributed by atoms with Crippen LogP contribution >= 0.6 is 0 Å². The number of hydrogen-bond donors (Lipinski definition) is 2. The highest BCUT2D eigenvalue weighted by Gasteiger charge is 2.65. The zero-order chi connectivity index (χ0) is 27.9. The van der Waals surface area contributed by atoms with Crippen LogP contribution in [0.5, 0.6) is 5.75 Å². The van der Waals surface area contributed by atoms with Crippen molar-refractivity contribution in [2.45, 2.75) is 44.0 Å². The van der Waals surface area contributed by atoms with E-state index in [-0.39, 0.29) is 29.7 Å². The minimum Gasteiger partial charge on any atom is -0.467 e. The molecule has 4 heterocycles. The number of oxazole rings is 1. The number of para-hydroxylation sites is 1. The average Bonchev–Trinajstić information content (AvgIpc) is 3.53. The molecule has 11 nitrogen and oxygen atoms in total. The predicted octanol–water partition coefficient (Wildman–Crippen LogP) is 1.99. The Morgan fingerprint density at radius 3 is 2.67 bits per heavy atom.